The Balaban J connectivity index is 0. The lowest BCUT2D eigenvalue weighted by atomic mass is 10.5. The Morgan fingerprint density at radius 3 is 1.48 bits per heavy atom. The molecule has 0 fully saturated rings. The Morgan fingerprint density at radius 2 is 1.19 bits per heavy atom. The van der Waals surface area contributed by atoms with Gasteiger partial charge in [-0.3, -0.25) is 19.2 Å². The molecule has 158 valence electrons. The fourth-order valence-corrected chi connectivity index (χ4v) is 3.54. The van der Waals surface area contributed by atoms with Gasteiger partial charge >= 0.3 is 22.4 Å². The van der Waals surface area contributed by atoms with Crippen molar-refractivity contribution in [1.29, 1.82) is 0 Å². The minimum absolute atomic E-state index is 0.438. The van der Waals surface area contributed by atoms with Crippen LogP contribution in [0.4, 0.5) is 9.59 Å². The van der Waals surface area contributed by atoms with Gasteiger partial charge < -0.3 is 20.0 Å². The van der Waals surface area contributed by atoms with Crippen LogP contribution in [0.3, 0.4) is 0 Å². The molecule has 0 saturated carbocycles. The van der Waals surface area contributed by atoms with Crippen molar-refractivity contribution in [3.8, 4) is 0 Å². The first-order chi connectivity index (χ1) is 12.5. The molecule has 27 heavy (non-hydrogen) atoms. The second-order valence-electron chi connectivity index (χ2n) is 5.04. The largest absolute Gasteiger partial charge is 0.481 e. The molecule has 0 radical (unpaired) electrons. The van der Waals surface area contributed by atoms with Crippen molar-refractivity contribution >= 4 is 44.0 Å². The zero-order valence-corrected chi connectivity index (χ0v) is 17.8. The Hall–Kier alpha value is -1.82. The molecule has 0 aromatic heterocycles. The number of amides is 2. The molecule has 0 saturated heterocycles. The van der Waals surface area contributed by atoms with Gasteiger partial charge in [0.05, 0.1) is 0 Å². The van der Waals surface area contributed by atoms with Crippen LogP contribution in [0, 0.1) is 0 Å². The van der Waals surface area contributed by atoms with Crippen molar-refractivity contribution in [2.45, 2.75) is 39.9 Å². The molecule has 2 amide bonds. The Morgan fingerprint density at radius 1 is 0.815 bits per heavy atom. The summed E-state index contributed by atoms with van der Waals surface area (Å²) in [7, 11) is -3.92. The molecule has 12 heteroatoms. The standard InChI is InChI=1S/C8H15NO4S.C7H13NO4S/c1-4-9(5-2)8(12)14(13)6(3)7(10)11;1-3-8(4-2)7(11)13(12)5-6(9)10/h6H,4-5H2,1-3H3,(H,10,11);3-5H2,1-2H3,(H,9,10). The number of hydrogen-bond donors (Lipinski definition) is 2. The normalized spacial score (nSPS) is 13.4. The summed E-state index contributed by atoms with van der Waals surface area (Å²) in [4.78, 5) is 46.0. The number of hydrogen-bond acceptors (Lipinski definition) is 6. The predicted molar refractivity (Wildman–Crippen MR) is 103 cm³/mol. The highest BCUT2D eigenvalue weighted by molar-refractivity contribution is 8.01. The zero-order valence-electron chi connectivity index (χ0n) is 16.2. The maximum absolute atomic E-state index is 11.4. The Kier molecular flexibility index (Phi) is 14.5. The molecule has 3 atom stereocenters. The van der Waals surface area contributed by atoms with E-state index in [0.717, 1.165) is 0 Å². The lowest BCUT2D eigenvalue weighted by molar-refractivity contribution is -0.136. The predicted octanol–water partition coefficient (Wildman–Crippen LogP) is 0.952. The van der Waals surface area contributed by atoms with Gasteiger partial charge in [-0.2, -0.15) is 0 Å². The smallest absolute Gasteiger partial charge is 0.319 e. The number of carboxylic acid groups (broad SMARTS) is 2. The van der Waals surface area contributed by atoms with E-state index in [2.05, 4.69) is 0 Å². The third kappa shape index (κ3) is 10.2. The highest BCUT2D eigenvalue weighted by atomic mass is 32.2. The third-order valence-corrected chi connectivity index (χ3v) is 5.94. The number of rotatable bonds is 8. The highest BCUT2D eigenvalue weighted by Crippen LogP contribution is 2.03. The molecule has 0 bridgehead atoms. The van der Waals surface area contributed by atoms with Crippen molar-refractivity contribution in [1.82, 2.24) is 9.80 Å². The third-order valence-electron chi connectivity index (χ3n) is 3.33. The zero-order chi connectivity index (χ0) is 21.7. The molecule has 0 rings (SSSR count). The lowest BCUT2D eigenvalue weighted by Crippen LogP contribution is -2.37. The Bertz CT molecular complexity index is 574. The van der Waals surface area contributed by atoms with Crippen molar-refractivity contribution in [2.24, 2.45) is 0 Å². The first-order valence-electron chi connectivity index (χ1n) is 8.29. The second kappa shape index (κ2) is 14.3. The van der Waals surface area contributed by atoms with E-state index in [1.54, 1.807) is 27.7 Å². The number of aliphatic carboxylic acids is 2. The summed E-state index contributed by atoms with van der Waals surface area (Å²) in [5.74, 6) is -3.06. The van der Waals surface area contributed by atoms with Crippen LogP contribution >= 0.6 is 0 Å². The van der Waals surface area contributed by atoms with Crippen LogP contribution in [0.2, 0.25) is 0 Å². The van der Waals surface area contributed by atoms with Crippen molar-refractivity contribution < 1.29 is 37.8 Å². The topological polar surface area (TPSA) is 149 Å². The van der Waals surface area contributed by atoms with Gasteiger partial charge in [0, 0.05) is 26.2 Å². The molecule has 0 aliphatic carbocycles. The van der Waals surface area contributed by atoms with Gasteiger partial charge in [-0.1, -0.05) is 0 Å². The Labute approximate surface area is 163 Å². The molecule has 0 aromatic rings. The minimum atomic E-state index is -1.98. The van der Waals surface area contributed by atoms with E-state index >= 15 is 0 Å². The molecule has 0 heterocycles. The molecule has 3 unspecified atom stereocenters. The molecule has 0 aliphatic heterocycles. The lowest BCUT2D eigenvalue weighted by Gasteiger charge is -2.18. The fraction of sp³-hybridized carbons (Fsp3) is 0.733. The van der Waals surface area contributed by atoms with Crippen LogP contribution in [0.25, 0.3) is 0 Å². The van der Waals surface area contributed by atoms with E-state index in [-0.39, 0.29) is 0 Å². The molecule has 0 aliphatic rings. The number of carboxylic acids is 2. The van der Waals surface area contributed by atoms with E-state index in [4.69, 9.17) is 10.2 Å². The first-order valence-corrected chi connectivity index (χ1v) is 10.8. The maximum Gasteiger partial charge on any atom is 0.319 e. The molecule has 0 aromatic carbocycles. The fourth-order valence-electron chi connectivity index (χ4n) is 1.65. The van der Waals surface area contributed by atoms with Gasteiger partial charge in [0.1, 0.15) is 32.6 Å². The molecular weight excluding hydrogens is 400 g/mol. The van der Waals surface area contributed by atoms with Crippen LogP contribution in [-0.4, -0.2) is 88.0 Å². The van der Waals surface area contributed by atoms with Crippen molar-refractivity contribution in [3.05, 3.63) is 0 Å². The maximum atomic E-state index is 11.4. The van der Waals surface area contributed by atoms with E-state index in [9.17, 15) is 27.6 Å². The van der Waals surface area contributed by atoms with Crippen molar-refractivity contribution in [2.75, 3.05) is 31.9 Å². The molecular formula is C15H28N2O8S2. The summed E-state index contributed by atoms with van der Waals surface area (Å²) < 4.78 is 22.4. The van der Waals surface area contributed by atoms with Crippen LogP contribution in [-0.2, 0) is 31.2 Å². The number of carbonyl (C=O) groups is 4. The van der Waals surface area contributed by atoms with Crippen molar-refractivity contribution in [3.63, 3.8) is 0 Å². The number of carbonyl (C=O) groups excluding carboxylic acids is 2. The van der Waals surface area contributed by atoms with E-state index in [0.29, 0.717) is 26.2 Å². The summed E-state index contributed by atoms with van der Waals surface area (Å²) in [6.07, 6.45) is 0. The first kappa shape index (κ1) is 27.4. The molecule has 2 N–H and O–H groups in total. The average molecular weight is 429 g/mol. The summed E-state index contributed by atoms with van der Waals surface area (Å²) in [6, 6.07) is 0. The van der Waals surface area contributed by atoms with E-state index < -0.39 is 55.0 Å². The van der Waals surface area contributed by atoms with Crippen LogP contribution in [0.5, 0.6) is 0 Å². The average Bonchev–Trinajstić information content (AvgIpc) is 2.62. The monoisotopic (exact) mass is 428 g/mol. The van der Waals surface area contributed by atoms with Gasteiger partial charge in [0.25, 0.3) is 0 Å². The molecule has 0 spiro atoms. The van der Waals surface area contributed by atoms with Crippen LogP contribution in [0.15, 0.2) is 0 Å². The van der Waals surface area contributed by atoms with Gasteiger partial charge in [-0.05, 0) is 34.6 Å². The second-order valence-corrected chi connectivity index (χ2v) is 8.02. The minimum Gasteiger partial charge on any atom is -0.481 e. The summed E-state index contributed by atoms with van der Waals surface area (Å²) in [5, 5.41) is 14.5. The number of nitrogens with zero attached hydrogens (tertiary/aromatic N) is 2. The summed E-state index contributed by atoms with van der Waals surface area (Å²) in [5.41, 5.74) is 0. The quantitative estimate of drug-likeness (QED) is 0.580. The summed E-state index contributed by atoms with van der Waals surface area (Å²) in [6.45, 7) is 10.0. The van der Waals surface area contributed by atoms with Gasteiger partial charge in [-0.15, -0.1) is 0 Å². The van der Waals surface area contributed by atoms with E-state index in [1.165, 1.54) is 16.7 Å². The SMILES string of the molecule is CCN(CC)C(=O)S(=O)C(C)C(=O)O.CCN(CC)C(=O)S(=O)CC(=O)O. The van der Waals surface area contributed by atoms with Gasteiger partial charge in [0.15, 0.2) is 0 Å². The molecule has 10 nitrogen and oxygen atoms in total. The van der Waals surface area contributed by atoms with Crippen LogP contribution < -0.4 is 0 Å². The van der Waals surface area contributed by atoms with Gasteiger partial charge in [-0.25, -0.2) is 8.42 Å². The highest BCUT2D eigenvalue weighted by Gasteiger charge is 2.28. The summed E-state index contributed by atoms with van der Waals surface area (Å²) >= 11 is 0. The van der Waals surface area contributed by atoms with E-state index in [1.807, 2.05) is 0 Å². The van der Waals surface area contributed by atoms with Crippen LogP contribution in [0.1, 0.15) is 34.6 Å². The van der Waals surface area contributed by atoms with Gasteiger partial charge in [0.2, 0.25) is 0 Å².